The van der Waals surface area contributed by atoms with Gasteiger partial charge in [0.05, 0.1) is 11.3 Å². The lowest BCUT2D eigenvalue weighted by Gasteiger charge is -2.38. The second-order valence-electron chi connectivity index (χ2n) is 9.43. The Morgan fingerprint density at radius 2 is 1.71 bits per heavy atom. The van der Waals surface area contributed by atoms with Gasteiger partial charge in [0, 0.05) is 23.3 Å². The number of anilines is 2. The first kappa shape index (κ1) is 25.3. The van der Waals surface area contributed by atoms with Crippen molar-refractivity contribution in [3.8, 4) is 11.5 Å². The molecule has 0 aromatic heterocycles. The standard InChI is InChI=1S/C28H24ClN3O6/c1-28(2,27(36)30-19-11-12-22-23(13-19)38-16-37-22)32(14-17-7-9-18(29)10-8-17)24(33)15-31-21-6-4-3-5-20(21)25(34)26(31)35/h3-13H,14-16H2,1-2H3,(H,30,36). The molecule has 3 aromatic carbocycles. The van der Waals surface area contributed by atoms with Crippen molar-refractivity contribution in [2.45, 2.75) is 25.9 Å². The molecule has 0 aliphatic carbocycles. The van der Waals surface area contributed by atoms with Crippen LogP contribution >= 0.6 is 11.6 Å². The van der Waals surface area contributed by atoms with E-state index in [0.717, 1.165) is 10.5 Å². The van der Waals surface area contributed by atoms with Gasteiger partial charge in [0.2, 0.25) is 18.6 Å². The number of ether oxygens (including phenoxy) is 2. The zero-order valence-corrected chi connectivity index (χ0v) is 21.4. The lowest BCUT2D eigenvalue weighted by atomic mass is 9.99. The second kappa shape index (κ2) is 9.83. The van der Waals surface area contributed by atoms with Crippen LogP contribution in [0.5, 0.6) is 11.5 Å². The highest BCUT2D eigenvalue weighted by Crippen LogP contribution is 2.35. The van der Waals surface area contributed by atoms with Crippen LogP contribution in [0.1, 0.15) is 29.8 Å². The highest BCUT2D eigenvalue weighted by atomic mass is 35.5. The highest BCUT2D eigenvalue weighted by Gasteiger charge is 2.42. The number of rotatable bonds is 7. The van der Waals surface area contributed by atoms with Gasteiger partial charge in [-0.25, -0.2) is 0 Å². The summed E-state index contributed by atoms with van der Waals surface area (Å²) >= 11 is 6.03. The second-order valence-corrected chi connectivity index (χ2v) is 9.86. The normalized spacial score (nSPS) is 13.9. The van der Waals surface area contributed by atoms with Crippen molar-refractivity contribution in [1.82, 2.24) is 4.90 Å². The van der Waals surface area contributed by atoms with Crippen molar-refractivity contribution >= 4 is 46.5 Å². The number of nitrogens with one attached hydrogen (secondary N) is 1. The average molecular weight is 534 g/mol. The van der Waals surface area contributed by atoms with E-state index in [1.807, 2.05) is 0 Å². The summed E-state index contributed by atoms with van der Waals surface area (Å²) in [4.78, 5) is 55.0. The molecule has 1 N–H and O–H groups in total. The molecule has 38 heavy (non-hydrogen) atoms. The summed E-state index contributed by atoms with van der Waals surface area (Å²) in [6.07, 6.45) is 0. The van der Waals surface area contributed by atoms with E-state index in [0.29, 0.717) is 27.9 Å². The largest absolute Gasteiger partial charge is 0.454 e. The van der Waals surface area contributed by atoms with E-state index in [4.69, 9.17) is 21.1 Å². The number of fused-ring (bicyclic) bond motifs is 2. The Bertz CT molecular complexity index is 1450. The number of hydrogen-bond donors (Lipinski definition) is 1. The molecule has 3 aromatic rings. The SMILES string of the molecule is CC(C)(C(=O)Nc1ccc2c(c1)OCO2)N(Cc1ccc(Cl)cc1)C(=O)CN1C(=O)C(=O)c2ccccc21. The highest BCUT2D eigenvalue weighted by molar-refractivity contribution is 6.52. The molecule has 0 bridgehead atoms. The predicted octanol–water partition coefficient (Wildman–Crippen LogP) is 4.04. The quantitative estimate of drug-likeness (QED) is 0.459. The third-order valence-corrected chi connectivity index (χ3v) is 6.84. The monoisotopic (exact) mass is 533 g/mol. The molecule has 10 heteroatoms. The molecular weight excluding hydrogens is 510 g/mol. The van der Waals surface area contributed by atoms with E-state index in [2.05, 4.69) is 5.32 Å². The van der Waals surface area contributed by atoms with Crippen LogP contribution < -0.4 is 19.7 Å². The lowest BCUT2D eigenvalue weighted by Crippen LogP contribution is -2.57. The molecular formula is C28H24ClN3O6. The maximum absolute atomic E-state index is 13.8. The third-order valence-electron chi connectivity index (χ3n) is 6.59. The molecule has 5 rings (SSSR count). The first-order chi connectivity index (χ1) is 18.1. The fraction of sp³-hybridized carbons (Fsp3) is 0.214. The molecule has 2 aliphatic rings. The van der Waals surface area contributed by atoms with Gasteiger partial charge < -0.3 is 19.7 Å². The Kier molecular flexibility index (Phi) is 6.54. The molecule has 0 radical (unpaired) electrons. The third kappa shape index (κ3) is 4.68. The number of halogens is 1. The van der Waals surface area contributed by atoms with Gasteiger partial charge >= 0.3 is 0 Å². The minimum absolute atomic E-state index is 0.0647. The number of carbonyl (C=O) groups excluding carboxylic acids is 4. The molecule has 9 nitrogen and oxygen atoms in total. The summed E-state index contributed by atoms with van der Waals surface area (Å²) in [6, 6.07) is 18.4. The van der Waals surface area contributed by atoms with Gasteiger partial charge in [-0.2, -0.15) is 0 Å². The van der Waals surface area contributed by atoms with Crippen LogP contribution in [0.4, 0.5) is 11.4 Å². The molecule has 2 aliphatic heterocycles. The van der Waals surface area contributed by atoms with Crippen LogP contribution in [0.3, 0.4) is 0 Å². The van der Waals surface area contributed by atoms with Crippen molar-refractivity contribution in [3.63, 3.8) is 0 Å². The smallest absolute Gasteiger partial charge is 0.299 e. The van der Waals surface area contributed by atoms with E-state index >= 15 is 0 Å². The molecule has 0 atom stereocenters. The average Bonchev–Trinajstić information content (AvgIpc) is 3.46. The molecule has 194 valence electrons. The number of para-hydroxylation sites is 1. The Morgan fingerprint density at radius 1 is 1.00 bits per heavy atom. The molecule has 0 fully saturated rings. The number of nitrogens with zero attached hydrogens (tertiary/aromatic N) is 2. The minimum Gasteiger partial charge on any atom is -0.454 e. The van der Waals surface area contributed by atoms with E-state index in [1.165, 1.54) is 4.90 Å². The summed E-state index contributed by atoms with van der Waals surface area (Å²) in [6.45, 7) is 3.00. The number of benzene rings is 3. The zero-order chi connectivity index (χ0) is 27.0. The van der Waals surface area contributed by atoms with Gasteiger partial charge in [-0.1, -0.05) is 35.9 Å². The van der Waals surface area contributed by atoms with Crippen LogP contribution in [-0.2, 0) is 20.9 Å². The van der Waals surface area contributed by atoms with Crippen LogP contribution in [0.2, 0.25) is 5.02 Å². The van der Waals surface area contributed by atoms with E-state index < -0.39 is 35.6 Å². The van der Waals surface area contributed by atoms with Gasteiger partial charge in [-0.15, -0.1) is 0 Å². The van der Waals surface area contributed by atoms with Crippen molar-refractivity contribution in [2.24, 2.45) is 0 Å². The number of ketones is 1. The van der Waals surface area contributed by atoms with Crippen LogP contribution in [0.15, 0.2) is 66.7 Å². The fourth-order valence-electron chi connectivity index (χ4n) is 4.38. The maximum Gasteiger partial charge on any atom is 0.299 e. The Hall–Kier alpha value is -4.37. The lowest BCUT2D eigenvalue weighted by molar-refractivity contribution is -0.143. The van der Waals surface area contributed by atoms with Crippen molar-refractivity contribution < 1.29 is 28.7 Å². The zero-order valence-electron chi connectivity index (χ0n) is 20.7. The van der Waals surface area contributed by atoms with Crippen molar-refractivity contribution in [3.05, 3.63) is 82.9 Å². The fourth-order valence-corrected chi connectivity index (χ4v) is 4.50. The number of carbonyl (C=O) groups is 4. The topological polar surface area (TPSA) is 105 Å². The molecule has 0 unspecified atom stereocenters. The van der Waals surface area contributed by atoms with E-state index in [-0.39, 0.29) is 18.9 Å². The Balaban J connectivity index is 1.42. The van der Waals surface area contributed by atoms with Gasteiger partial charge in [0.1, 0.15) is 12.1 Å². The van der Waals surface area contributed by atoms with Gasteiger partial charge in [-0.3, -0.25) is 24.1 Å². The number of hydrogen-bond acceptors (Lipinski definition) is 6. The van der Waals surface area contributed by atoms with Crippen LogP contribution in [-0.4, -0.2) is 47.3 Å². The Labute approximate surface area is 223 Å². The molecule has 0 saturated carbocycles. The molecule has 3 amide bonds. The number of Topliss-reactive ketones (excluding diaryl/α,β-unsaturated/α-hetero) is 1. The van der Waals surface area contributed by atoms with Gasteiger partial charge in [0.25, 0.3) is 11.7 Å². The van der Waals surface area contributed by atoms with E-state index in [9.17, 15) is 19.2 Å². The first-order valence-corrected chi connectivity index (χ1v) is 12.2. The van der Waals surface area contributed by atoms with Crippen LogP contribution in [0, 0.1) is 0 Å². The summed E-state index contributed by atoms with van der Waals surface area (Å²) in [5.74, 6) is -1.34. The Morgan fingerprint density at radius 3 is 2.47 bits per heavy atom. The summed E-state index contributed by atoms with van der Waals surface area (Å²) < 4.78 is 10.7. The van der Waals surface area contributed by atoms with Crippen molar-refractivity contribution in [2.75, 3.05) is 23.6 Å². The summed E-state index contributed by atoms with van der Waals surface area (Å²) in [5.41, 5.74) is 0.454. The first-order valence-electron chi connectivity index (χ1n) is 11.9. The number of amides is 3. The molecule has 0 saturated heterocycles. The predicted molar refractivity (Wildman–Crippen MR) is 140 cm³/mol. The van der Waals surface area contributed by atoms with E-state index in [1.54, 1.807) is 80.6 Å². The van der Waals surface area contributed by atoms with Gasteiger partial charge in [0.15, 0.2) is 11.5 Å². The summed E-state index contributed by atoms with van der Waals surface area (Å²) in [7, 11) is 0. The van der Waals surface area contributed by atoms with Crippen molar-refractivity contribution in [1.29, 1.82) is 0 Å². The maximum atomic E-state index is 13.8. The molecule has 0 spiro atoms. The van der Waals surface area contributed by atoms with Gasteiger partial charge in [-0.05, 0) is 55.8 Å². The molecule has 2 heterocycles. The summed E-state index contributed by atoms with van der Waals surface area (Å²) in [5, 5.41) is 3.37. The minimum atomic E-state index is -1.36. The van der Waals surface area contributed by atoms with Crippen LogP contribution in [0.25, 0.3) is 0 Å².